The van der Waals surface area contributed by atoms with Crippen molar-refractivity contribution in [3.05, 3.63) is 46.0 Å². The summed E-state index contributed by atoms with van der Waals surface area (Å²) in [7, 11) is 4.01. The van der Waals surface area contributed by atoms with E-state index in [9.17, 15) is 14.9 Å². The molecule has 6 nitrogen and oxygen atoms in total. The van der Waals surface area contributed by atoms with Crippen LogP contribution in [0.15, 0.2) is 30.3 Å². The molecule has 1 aliphatic carbocycles. The lowest BCUT2D eigenvalue weighted by atomic mass is 9.86. The van der Waals surface area contributed by atoms with Crippen molar-refractivity contribution in [2.24, 2.45) is 5.92 Å². The van der Waals surface area contributed by atoms with Gasteiger partial charge in [0.2, 0.25) is 5.91 Å². The first kappa shape index (κ1) is 23.1. The van der Waals surface area contributed by atoms with Crippen molar-refractivity contribution in [1.29, 1.82) is 0 Å². The standard InChI is InChI=1S/C20H29N3O3.ClH/c1-16-7-10-18(11-8-16)22(14-13-21(2)3)20(24)12-9-17-5-4-6-19(15-17)23(25)26;/h4-6,9,12,15-16,18H,7-8,10-11,13-14H2,1-3H3;1H. The van der Waals surface area contributed by atoms with E-state index in [2.05, 4.69) is 11.8 Å². The Labute approximate surface area is 167 Å². The summed E-state index contributed by atoms with van der Waals surface area (Å²) in [5.41, 5.74) is 0.697. The Morgan fingerprint density at radius 2 is 1.89 bits per heavy atom. The monoisotopic (exact) mass is 395 g/mol. The lowest BCUT2D eigenvalue weighted by Gasteiger charge is -2.36. The van der Waals surface area contributed by atoms with Crippen molar-refractivity contribution in [3.8, 4) is 0 Å². The molecule has 0 spiro atoms. The minimum atomic E-state index is -0.425. The Bertz CT molecular complexity index is 656. The number of amides is 1. The average Bonchev–Trinajstić information content (AvgIpc) is 2.61. The number of hydrogen-bond acceptors (Lipinski definition) is 4. The van der Waals surface area contributed by atoms with Crippen LogP contribution in [0.25, 0.3) is 6.08 Å². The highest BCUT2D eigenvalue weighted by molar-refractivity contribution is 5.92. The van der Waals surface area contributed by atoms with Crippen LogP contribution in [0, 0.1) is 16.0 Å². The maximum absolute atomic E-state index is 12.8. The van der Waals surface area contributed by atoms with Gasteiger partial charge in [-0.25, -0.2) is 0 Å². The minimum absolute atomic E-state index is 0. The van der Waals surface area contributed by atoms with Crippen LogP contribution in [-0.2, 0) is 4.79 Å². The second-order valence-corrected chi connectivity index (χ2v) is 7.43. The van der Waals surface area contributed by atoms with Gasteiger partial charge in [0, 0.05) is 37.3 Å². The summed E-state index contributed by atoms with van der Waals surface area (Å²) in [4.78, 5) is 27.3. The van der Waals surface area contributed by atoms with Gasteiger partial charge in [-0.05, 0) is 57.3 Å². The zero-order valence-electron chi connectivity index (χ0n) is 16.3. The number of nitrogens with zero attached hydrogens (tertiary/aromatic N) is 3. The van der Waals surface area contributed by atoms with E-state index < -0.39 is 4.92 Å². The van der Waals surface area contributed by atoms with Crippen molar-refractivity contribution in [2.45, 2.75) is 38.6 Å². The summed E-state index contributed by atoms with van der Waals surface area (Å²) in [6.07, 6.45) is 7.63. The highest BCUT2D eigenvalue weighted by atomic mass is 35.5. The van der Waals surface area contributed by atoms with E-state index in [-0.39, 0.29) is 30.0 Å². The molecule has 0 radical (unpaired) electrons. The quantitative estimate of drug-likeness (QED) is 0.397. The number of carbonyl (C=O) groups excluding carboxylic acids is 1. The molecule has 0 aromatic heterocycles. The van der Waals surface area contributed by atoms with Crippen LogP contribution in [-0.4, -0.2) is 53.9 Å². The normalized spacial score (nSPS) is 19.7. The number of non-ortho nitro benzene ring substituents is 1. The molecule has 2 rings (SSSR count). The van der Waals surface area contributed by atoms with E-state index in [1.54, 1.807) is 24.3 Å². The van der Waals surface area contributed by atoms with E-state index in [0.29, 0.717) is 12.1 Å². The Morgan fingerprint density at radius 3 is 2.48 bits per heavy atom. The Morgan fingerprint density at radius 1 is 1.22 bits per heavy atom. The molecule has 0 saturated heterocycles. The molecule has 1 aromatic rings. The van der Waals surface area contributed by atoms with E-state index in [0.717, 1.165) is 38.1 Å². The molecular formula is C20H30ClN3O3. The average molecular weight is 396 g/mol. The number of hydrogen-bond donors (Lipinski definition) is 0. The maximum Gasteiger partial charge on any atom is 0.270 e. The number of rotatable bonds is 7. The van der Waals surface area contributed by atoms with Crippen LogP contribution >= 0.6 is 12.4 Å². The van der Waals surface area contributed by atoms with Crippen LogP contribution in [0.3, 0.4) is 0 Å². The Kier molecular flexibility index (Phi) is 9.46. The van der Waals surface area contributed by atoms with E-state index in [1.165, 1.54) is 12.1 Å². The molecule has 0 aliphatic heterocycles. The second kappa shape index (κ2) is 11.0. The molecular weight excluding hydrogens is 366 g/mol. The molecule has 1 aliphatic rings. The van der Waals surface area contributed by atoms with Crippen LogP contribution in [0.5, 0.6) is 0 Å². The van der Waals surface area contributed by atoms with E-state index in [1.807, 2.05) is 19.0 Å². The van der Waals surface area contributed by atoms with Gasteiger partial charge in [-0.1, -0.05) is 19.1 Å². The first-order chi connectivity index (χ1) is 12.4. The zero-order chi connectivity index (χ0) is 19.1. The van der Waals surface area contributed by atoms with E-state index >= 15 is 0 Å². The molecule has 0 bridgehead atoms. The van der Waals surface area contributed by atoms with Gasteiger partial charge in [0.15, 0.2) is 0 Å². The first-order valence-corrected chi connectivity index (χ1v) is 9.24. The number of carbonyl (C=O) groups is 1. The van der Waals surface area contributed by atoms with Gasteiger partial charge in [0.05, 0.1) is 4.92 Å². The number of nitro groups is 1. The van der Waals surface area contributed by atoms with Crippen molar-refractivity contribution in [1.82, 2.24) is 9.80 Å². The molecule has 1 saturated carbocycles. The summed E-state index contributed by atoms with van der Waals surface area (Å²) < 4.78 is 0. The van der Waals surface area contributed by atoms with Gasteiger partial charge in [-0.15, -0.1) is 12.4 Å². The maximum atomic E-state index is 12.8. The van der Waals surface area contributed by atoms with Crippen molar-refractivity contribution >= 4 is 30.1 Å². The Hall–Kier alpha value is -1.92. The van der Waals surface area contributed by atoms with Gasteiger partial charge in [-0.2, -0.15) is 0 Å². The summed E-state index contributed by atoms with van der Waals surface area (Å²) in [6.45, 7) is 3.79. The van der Waals surface area contributed by atoms with Gasteiger partial charge >= 0.3 is 0 Å². The third kappa shape index (κ3) is 7.31. The fourth-order valence-corrected chi connectivity index (χ4v) is 3.34. The Balaban J connectivity index is 0.00000364. The van der Waals surface area contributed by atoms with Gasteiger partial charge < -0.3 is 9.80 Å². The van der Waals surface area contributed by atoms with Crippen LogP contribution in [0.1, 0.15) is 38.2 Å². The van der Waals surface area contributed by atoms with Crippen molar-refractivity contribution in [2.75, 3.05) is 27.2 Å². The summed E-state index contributed by atoms with van der Waals surface area (Å²) in [6, 6.07) is 6.62. The molecule has 1 amide bonds. The van der Waals surface area contributed by atoms with Crippen molar-refractivity contribution < 1.29 is 9.72 Å². The van der Waals surface area contributed by atoms with Crippen molar-refractivity contribution in [3.63, 3.8) is 0 Å². The van der Waals surface area contributed by atoms with Gasteiger partial charge in [0.25, 0.3) is 5.69 Å². The smallest absolute Gasteiger partial charge is 0.270 e. The molecule has 27 heavy (non-hydrogen) atoms. The molecule has 7 heteroatoms. The topological polar surface area (TPSA) is 66.7 Å². The fourth-order valence-electron chi connectivity index (χ4n) is 3.34. The highest BCUT2D eigenvalue weighted by Crippen LogP contribution is 2.27. The van der Waals surface area contributed by atoms with Crippen LogP contribution in [0.4, 0.5) is 5.69 Å². The predicted octanol–water partition coefficient (Wildman–Crippen LogP) is 4.00. The van der Waals surface area contributed by atoms with Gasteiger partial charge in [-0.3, -0.25) is 14.9 Å². The molecule has 0 N–H and O–H groups in total. The third-order valence-electron chi connectivity index (χ3n) is 5.00. The minimum Gasteiger partial charge on any atom is -0.335 e. The molecule has 0 atom stereocenters. The van der Waals surface area contributed by atoms with Crippen LogP contribution in [0.2, 0.25) is 0 Å². The lowest BCUT2D eigenvalue weighted by molar-refractivity contribution is -0.384. The second-order valence-electron chi connectivity index (χ2n) is 7.43. The fraction of sp³-hybridized carbons (Fsp3) is 0.550. The number of benzene rings is 1. The summed E-state index contributed by atoms with van der Waals surface area (Å²) >= 11 is 0. The summed E-state index contributed by atoms with van der Waals surface area (Å²) in [5, 5.41) is 10.9. The molecule has 1 fully saturated rings. The molecule has 1 aromatic carbocycles. The number of likely N-dealkylation sites (N-methyl/N-ethyl adjacent to an activating group) is 1. The summed E-state index contributed by atoms with van der Waals surface area (Å²) in [5.74, 6) is 0.718. The molecule has 0 heterocycles. The predicted molar refractivity (Wildman–Crippen MR) is 111 cm³/mol. The molecule has 150 valence electrons. The number of halogens is 1. The molecule has 0 unspecified atom stereocenters. The number of nitro benzene ring substituents is 1. The lowest BCUT2D eigenvalue weighted by Crippen LogP contribution is -2.44. The third-order valence-corrected chi connectivity index (χ3v) is 5.00. The first-order valence-electron chi connectivity index (χ1n) is 9.24. The SMILES string of the molecule is CC1CCC(N(CCN(C)C)C(=O)C=Cc2cccc([N+](=O)[O-])c2)CC1.Cl. The van der Waals surface area contributed by atoms with Gasteiger partial charge in [0.1, 0.15) is 0 Å². The highest BCUT2D eigenvalue weighted by Gasteiger charge is 2.26. The van der Waals surface area contributed by atoms with E-state index in [4.69, 9.17) is 0 Å². The zero-order valence-corrected chi connectivity index (χ0v) is 17.2. The largest absolute Gasteiger partial charge is 0.335 e. The van der Waals surface area contributed by atoms with Crippen LogP contribution < -0.4 is 0 Å².